The van der Waals surface area contributed by atoms with Crippen molar-refractivity contribution in [3.63, 3.8) is 0 Å². The summed E-state index contributed by atoms with van der Waals surface area (Å²) < 4.78 is 11.0. The quantitative estimate of drug-likeness (QED) is 0.828. The van der Waals surface area contributed by atoms with Crippen LogP contribution in [0.3, 0.4) is 0 Å². The van der Waals surface area contributed by atoms with Crippen LogP contribution in [0.15, 0.2) is 53.0 Å². The van der Waals surface area contributed by atoms with Crippen LogP contribution in [0.4, 0.5) is 5.69 Å². The Kier molecular flexibility index (Phi) is 5.55. The molecule has 0 aliphatic heterocycles. The fourth-order valence-electron chi connectivity index (χ4n) is 1.73. The van der Waals surface area contributed by atoms with Gasteiger partial charge < -0.3 is 14.8 Å². The molecule has 2 aromatic rings. The molecule has 22 heavy (non-hydrogen) atoms. The smallest absolute Gasteiger partial charge is 0.338 e. The van der Waals surface area contributed by atoms with Crippen molar-refractivity contribution in [3.8, 4) is 5.75 Å². The molecule has 2 aromatic carbocycles. The minimum atomic E-state index is -0.553. The highest BCUT2D eigenvalue weighted by atomic mass is 79.9. The molecule has 114 valence electrons. The molecule has 0 bridgehead atoms. The highest BCUT2D eigenvalue weighted by Crippen LogP contribution is 2.22. The van der Waals surface area contributed by atoms with Crippen LogP contribution in [0.2, 0.25) is 0 Å². The third-order valence-corrected chi connectivity index (χ3v) is 3.32. The maximum Gasteiger partial charge on any atom is 0.338 e. The molecule has 0 spiro atoms. The lowest BCUT2D eigenvalue weighted by atomic mass is 10.2. The molecule has 0 saturated heterocycles. The molecule has 0 radical (unpaired) electrons. The summed E-state index contributed by atoms with van der Waals surface area (Å²) in [7, 11) is 1.51. The van der Waals surface area contributed by atoms with Crippen LogP contribution >= 0.6 is 15.9 Å². The van der Waals surface area contributed by atoms with Crippen molar-refractivity contribution in [2.45, 2.75) is 0 Å². The lowest BCUT2D eigenvalue weighted by Gasteiger charge is -2.10. The van der Waals surface area contributed by atoms with E-state index >= 15 is 0 Å². The second-order valence-corrected chi connectivity index (χ2v) is 5.25. The van der Waals surface area contributed by atoms with Crippen molar-refractivity contribution in [2.24, 2.45) is 0 Å². The fourth-order valence-corrected chi connectivity index (χ4v) is 2.00. The predicted octanol–water partition coefficient (Wildman–Crippen LogP) is 3.25. The number of para-hydroxylation sites is 2. The summed E-state index contributed by atoms with van der Waals surface area (Å²) in [6.07, 6.45) is 0. The first kappa shape index (κ1) is 16.0. The van der Waals surface area contributed by atoms with Gasteiger partial charge in [0.2, 0.25) is 0 Å². The van der Waals surface area contributed by atoms with Crippen LogP contribution in [0.25, 0.3) is 0 Å². The van der Waals surface area contributed by atoms with E-state index in [-0.39, 0.29) is 6.61 Å². The Hall–Kier alpha value is -2.34. The van der Waals surface area contributed by atoms with Gasteiger partial charge in [0.15, 0.2) is 6.61 Å². The topological polar surface area (TPSA) is 64.6 Å². The van der Waals surface area contributed by atoms with Gasteiger partial charge in [0.05, 0.1) is 18.4 Å². The number of benzene rings is 2. The number of esters is 1. The van der Waals surface area contributed by atoms with E-state index in [4.69, 9.17) is 9.47 Å². The molecule has 0 fully saturated rings. The molecule has 0 atom stereocenters. The average Bonchev–Trinajstić information content (AvgIpc) is 2.54. The molecule has 0 saturated carbocycles. The lowest BCUT2D eigenvalue weighted by molar-refractivity contribution is -0.119. The SMILES string of the molecule is COc1ccccc1NC(=O)COC(=O)c1ccc(Br)cc1. The summed E-state index contributed by atoms with van der Waals surface area (Å²) in [6, 6.07) is 13.7. The number of rotatable bonds is 5. The van der Waals surface area contributed by atoms with Gasteiger partial charge in [-0.15, -0.1) is 0 Å². The Morgan fingerprint density at radius 3 is 2.45 bits per heavy atom. The zero-order chi connectivity index (χ0) is 15.9. The van der Waals surface area contributed by atoms with E-state index in [1.807, 2.05) is 0 Å². The molecule has 1 amide bonds. The number of carbonyl (C=O) groups is 2. The predicted molar refractivity (Wildman–Crippen MR) is 86.0 cm³/mol. The molecule has 2 rings (SSSR count). The molecule has 5 nitrogen and oxygen atoms in total. The second kappa shape index (κ2) is 7.61. The van der Waals surface area contributed by atoms with E-state index in [2.05, 4.69) is 21.2 Å². The van der Waals surface area contributed by atoms with Crippen LogP contribution in [-0.4, -0.2) is 25.6 Å². The third kappa shape index (κ3) is 4.33. The molecular weight excluding hydrogens is 350 g/mol. The summed E-state index contributed by atoms with van der Waals surface area (Å²) in [5, 5.41) is 2.63. The van der Waals surface area contributed by atoms with E-state index < -0.39 is 11.9 Å². The number of carbonyl (C=O) groups excluding carboxylic acids is 2. The standard InChI is InChI=1S/C16H14BrNO4/c1-21-14-5-3-2-4-13(14)18-15(19)10-22-16(20)11-6-8-12(17)9-7-11/h2-9H,10H2,1H3,(H,18,19). The summed E-state index contributed by atoms with van der Waals surface area (Å²) in [6.45, 7) is -0.368. The molecule has 0 unspecified atom stereocenters. The fraction of sp³-hybridized carbons (Fsp3) is 0.125. The number of nitrogens with one attached hydrogen (secondary N) is 1. The van der Waals surface area contributed by atoms with Gasteiger partial charge in [-0.1, -0.05) is 28.1 Å². The van der Waals surface area contributed by atoms with E-state index in [9.17, 15) is 9.59 Å². The van der Waals surface area contributed by atoms with Crippen molar-refractivity contribution in [1.29, 1.82) is 0 Å². The lowest BCUT2D eigenvalue weighted by Crippen LogP contribution is -2.21. The van der Waals surface area contributed by atoms with Crippen LogP contribution in [0.5, 0.6) is 5.75 Å². The van der Waals surface area contributed by atoms with Crippen LogP contribution < -0.4 is 10.1 Å². The first-order valence-electron chi connectivity index (χ1n) is 6.45. The summed E-state index contributed by atoms with van der Waals surface area (Å²) in [5.41, 5.74) is 0.906. The zero-order valence-electron chi connectivity index (χ0n) is 11.8. The Morgan fingerprint density at radius 2 is 1.77 bits per heavy atom. The average molecular weight is 364 g/mol. The van der Waals surface area contributed by atoms with Gasteiger partial charge in [-0.3, -0.25) is 4.79 Å². The van der Waals surface area contributed by atoms with Crippen molar-refractivity contribution in [3.05, 3.63) is 58.6 Å². The summed E-state index contributed by atoms with van der Waals surface area (Å²) in [4.78, 5) is 23.6. The van der Waals surface area contributed by atoms with Gasteiger partial charge in [-0.2, -0.15) is 0 Å². The van der Waals surface area contributed by atoms with Crippen LogP contribution in [-0.2, 0) is 9.53 Å². The van der Waals surface area contributed by atoms with E-state index in [0.29, 0.717) is 17.0 Å². The number of halogens is 1. The molecule has 0 aliphatic carbocycles. The van der Waals surface area contributed by atoms with Crippen molar-refractivity contribution in [2.75, 3.05) is 19.0 Å². The molecule has 0 heterocycles. The third-order valence-electron chi connectivity index (χ3n) is 2.80. The van der Waals surface area contributed by atoms with Gasteiger partial charge in [-0.25, -0.2) is 4.79 Å². The second-order valence-electron chi connectivity index (χ2n) is 4.33. The Balaban J connectivity index is 1.90. The van der Waals surface area contributed by atoms with E-state index in [0.717, 1.165) is 4.47 Å². The Bertz CT molecular complexity index is 670. The highest BCUT2D eigenvalue weighted by molar-refractivity contribution is 9.10. The summed E-state index contributed by atoms with van der Waals surface area (Å²) >= 11 is 3.28. The Labute approximate surface area is 136 Å². The molecule has 0 aromatic heterocycles. The van der Waals surface area contributed by atoms with Gasteiger partial charge in [-0.05, 0) is 36.4 Å². The number of amides is 1. The van der Waals surface area contributed by atoms with E-state index in [1.54, 1.807) is 48.5 Å². The highest BCUT2D eigenvalue weighted by Gasteiger charge is 2.11. The van der Waals surface area contributed by atoms with Crippen LogP contribution in [0.1, 0.15) is 10.4 Å². The van der Waals surface area contributed by atoms with Gasteiger partial charge >= 0.3 is 5.97 Å². The number of methoxy groups -OCH3 is 1. The van der Waals surface area contributed by atoms with E-state index in [1.165, 1.54) is 7.11 Å². The van der Waals surface area contributed by atoms with Crippen molar-refractivity contribution in [1.82, 2.24) is 0 Å². The van der Waals surface area contributed by atoms with Crippen LogP contribution in [0, 0.1) is 0 Å². The largest absolute Gasteiger partial charge is 0.495 e. The normalized spacial score (nSPS) is 9.91. The maximum absolute atomic E-state index is 11.8. The summed E-state index contributed by atoms with van der Waals surface area (Å²) in [5.74, 6) is -0.451. The number of ether oxygens (including phenoxy) is 2. The number of hydrogen-bond donors (Lipinski definition) is 1. The number of anilines is 1. The van der Waals surface area contributed by atoms with Gasteiger partial charge in [0, 0.05) is 4.47 Å². The molecule has 6 heteroatoms. The monoisotopic (exact) mass is 363 g/mol. The minimum Gasteiger partial charge on any atom is -0.495 e. The first-order valence-corrected chi connectivity index (χ1v) is 7.25. The van der Waals surface area contributed by atoms with Crippen molar-refractivity contribution >= 4 is 33.5 Å². The van der Waals surface area contributed by atoms with Gasteiger partial charge in [0.1, 0.15) is 5.75 Å². The molecule has 0 aliphatic rings. The number of hydrogen-bond acceptors (Lipinski definition) is 4. The first-order chi connectivity index (χ1) is 10.6. The Morgan fingerprint density at radius 1 is 1.09 bits per heavy atom. The maximum atomic E-state index is 11.8. The molecule has 1 N–H and O–H groups in total. The van der Waals surface area contributed by atoms with Gasteiger partial charge in [0.25, 0.3) is 5.91 Å². The zero-order valence-corrected chi connectivity index (χ0v) is 13.4. The minimum absolute atomic E-state index is 0.368. The molecular formula is C16H14BrNO4. The van der Waals surface area contributed by atoms with Crippen molar-refractivity contribution < 1.29 is 19.1 Å².